The van der Waals surface area contributed by atoms with Crippen LogP contribution in [0.4, 0.5) is 0 Å². The molecule has 32 heavy (non-hydrogen) atoms. The predicted molar refractivity (Wildman–Crippen MR) is 143 cm³/mol. The summed E-state index contributed by atoms with van der Waals surface area (Å²) in [6.45, 7) is 11.5. The van der Waals surface area contributed by atoms with E-state index in [1.54, 1.807) is 0 Å². The van der Waals surface area contributed by atoms with E-state index >= 15 is 0 Å². The molecule has 0 aliphatic carbocycles. The zero-order chi connectivity index (χ0) is 22.8. The van der Waals surface area contributed by atoms with Crippen LogP contribution in [0.25, 0.3) is 33.4 Å². The molecule has 0 heterocycles. The van der Waals surface area contributed by atoms with Gasteiger partial charge in [0, 0.05) is 0 Å². The quantitative estimate of drug-likeness (QED) is 0.289. The molecule has 0 fully saturated rings. The normalized spacial score (nSPS) is 12.0. The first-order valence-electron chi connectivity index (χ1n) is 11.8. The second-order valence-electron chi connectivity index (χ2n) is 9.13. The van der Waals surface area contributed by atoms with Crippen molar-refractivity contribution >= 4 is 7.85 Å². The maximum Gasteiger partial charge on any atom is 0.111 e. The second kappa shape index (κ2) is 9.21. The zero-order valence-corrected chi connectivity index (χ0v) is 20.3. The minimum absolute atomic E-state index is 0.581. The van der Waals surface area contributed by atoms with Crippen LogP contribution in [0.15, 0.2) is 78.9 Å². The highest BCUT2D eigenvalue weighted by Gasteiger charge is 2.20. The van der Waals surface area contributed by atoms with Gasteiger partial charge in [0.05, 0.1) is 0 Å². The van der Waals surface area contributed by atoms with E-state index in [9.17, 15) is 0 Å². The van der Waals surface area contributed by atoms with Gasteiger partial charge >= 0.3 is 0 Å². The molecule has 0 radical (unpaired) electrons. The fraction of sp³-hybridized carbons (Fsp3) is 0.226. The molecule has 0 aromatic heterocycles. The first-order chi connectivity index (χ1) is 15.4. The lowest BCUT2D eigenvalue weighted by Gasteiger charge is -2.25. The van der Waals surface area contributed by atoms with Crippen molar-refractivity contribution in [3.8, 4) is 33.4 Å². The molecule has 0 nitrogen and oxygen atoms in total. The zero-order valence-electron chi connectivity index (χ0n) is 20.3. The third kappa shape index (κ3) is 4.05. The van der Waals surface area contributed by atoms with E-state index in [0.29, 0.717) is 5.82 Å². The Hall–Kier alpha value is -3.06. The second-order valence-corrected chi connectivity index (χ2v) is 9.13. The fourth-order valence-electron chi connectivity index (χ4n) is 5.08. The Balaban J connectivity index is 2.00. The number of benzene rings is 4. The standard InChI is InChI=1S/C31H33B/c1-6-29(32)31-22(4)20(2)30(21(3)23(31)5)28-18-26(24-13-9-7-10-14-24)17-27(19-28)25-15-11-8-12-16-25/h7-19,29H,6,32H2,1-5H3. The van der Waals surface area contributed by atoms with Crippen molar-refractivity contribution in [2.75, 3.05) is 0 Å². The van der Waals surface area contributed by atoms with Gasteiger partial charge in [-0.3, -0.25) is 0 Å². The first kappa shape index (κ1) is 22.2. The van der Waals surface area contributed by atoms with Crippen LogP contribution < -0.4 is 0 Å². The highest BCUT2D eigenvalue weighted by Crippen LogP contribution is 2.40. The Morgan fingerprint density at radius 2 is 0.969 bits per heavy atom. The summed E-state index contributed by atoms with van der Waals surface area (Å²) in [5.41, 5.74) is 15.0. The maximum absolute atomic E-state index is 2.37. The molecule has 1 unspecified atom stereocenters. The van der Waals surface area contributed by atoms with Crippen LogP contribution >= 0.6 is 0 Å². The topological polar surface area (TPSA) is 0 Å². The van der Waals surface area contributed by atoms with Crippen molar-refractivity contribution in [1.29, 1.82) is 0 Å². The number of hydrogen-bond donors (Lipinski definition) is 0. The fourth-order valence-corrected chi connectivity index (χ4v) is 5.08. The minimum atomic E-state index is 0.581. The molecule has 0 aliphatic heterocycles. The van der Waals surface area contributed by atoms with Crippen LogP contribution in [0.1, 0.15) is 47.0 Å². The number of rotatable bonds is 5. The molecule has 0 aliphatic rings. The van der Waals surface area contributed by atoms with Crippen molar-refractivity contribution < 1.29 is 0 Å². The largest absolute Gasteiger partial charge is 0.111 e. The summed E-state index contributed by atoms with van der Waals surface area (Å²) in [6.07, 6.45) is 1.17. The lowest BCUT2D eigenvalue weighted by atomic mass is 9.72. The molecule has 4 aromatic rings. The molecule has 1 atom stereocenters. The molecule has 4 rings (SSSR count). The van der Waals surface area contributed by atoms with Crippen LogP contribution in [0, 0.1) is 27.7 Å². The van der Waals surface area contributed by atoms with Crippen molar-refractivity contribution in [3.05, 3.63) is 107 Å². The molecule has 0 bridgehead atoms. The maximum atomic E-state index is 2.37. The average Bonchev–Trinajstić information content (AvgIpc) is 2.84. The van der Waals surface area contributed by atoms with Crippen molar-refractivity contribution in [2.24, 2.45) is 0 Å². The lowest BCUT2D eigenvalue weighted by molar-refractivity contribution is 0.860. The van der Waals surface area contributed by atoms with E-state index in [2.05, 4.69) is 121 Å². The SMILES string of the molecule is BC(CC)c1c(C)c(C)c(-c2cc(-c3ccccc3)cc(-c3ccccc3)c2)c(C)c1C. The summed E-state index contributed by atoms with van der Waals surface area (Å²) < 4.78 is 0. The highest BCUT2D eigenvalue weighted by atomic mass is 14.2. The summed E-state index contributed by atoms with van der Waals surface area (Å²) in [4.78, 5) is 0. The van der Waals surface area contributed by atoms with E-state index in [0.717, 1.165) is 0 Å². The Labute approximate surface area is 194 Å². The molecule has 0 saturated heterocycles. The van der Waals surface area contributed by atoms with E-state index in [-0.39, 0.29) is 0 Å². The third-order valence-electron chi connectivity index (χ3n) is 7.22. The van der Waals surface area contributed by atoms with Gasteiger partial charge in [-0.1, -0.05) is 74.0 Å². The molecule has 0 saturated carbocycles. The van der Waals surface area contributed by atoms with Crippen molar-refractivity contribution in [2.45, 2.75) is 46.9 Å². The summed E-state index contributed by atoms with van der Waals surface area (Å²) >= 11 is 0. The van der Waals surface area contributed by atoms with Crippen LogP contribution in [-0.2, 0) is 0 Å². The Kier molecular flexibility index (Phi) is 6.37. The van der Waals surface area contributed by atoms with E-state index in [1.165, 1.54) is 67.6 Å². The minimum Gasteiger partial charge on any atom is -0.0655 e. The molecule has 0 N–H and O–H groups in total. The Morgan fingerprint density at radius 3 is 1.38 bits per heavy atom. The summed E-state index contributed by atoms with van der Waals surface area (Å²) in [5.74, 6) is 0.581. The van der Waals surface area contributed by atoms with E-state index < -0.39 is 0 Å². The van der Waals surface area contributed by atoms with Crippen LogP contribution in [0.5, 0.6) is 0 Å². The van der Waals surface area contributed by atoms with E-state index in [4.69, 9.17) is 0 Å². The third-order valence-corrected chi connectivity index (χ3v) is 7.22. The van der Waals surface area contributed by atoms with Gasteiger partial charge in [0.15, 0.2) is 0 Å². The van der Waals surface area contributed by atoms with Gasteiger partial charge < -0.3 is 0 Å². The Bertz CT molecular complexity index is 1150. The summed E-state index contributed by atoms with van der Waals surface area (Å²) in [5, 5.41) is 0. The molecular weight excluding hydrogens is 383 g/mol. The monoisotopic (exact) mass is 416 g/mol. The van der Waals surface area contributed by atoms with Gasteiger partial charge in [0.2, 0.25) is 0 Å². The summed E-state index contributed by atoms with van der Waals surface area (Å²) in [6, 6.07) is 28.5. The van der Waals surface area contributed by atoms with Crippen molar-refractivity contribution in [3.63, 3.8) is 0 Å². The van der Waals surface area contributed by atoms with Crippen LogP contribution in [0.2, 0.25) is 0 Å². The molecule has 0 spiro atoms. The van der Waals surface area contributed by atoms with Crippen LogP contribution in [-0.4, -0.2) is 7.85 Å². The molecule has 1 heteroatoms. The molecule has 0 amide bonds. The molecular formula is C31H33B. The smallest absolute Gasteiger partial charge is 0.0655 e. The molecule has 160 valence electrons. The van der Waals surface area contributed by atoms with Crippen molar-refractivity contribution in [1.82, 2.24) is 0 Å². The first-order valence-corrected chi connectivity index (χ1v) is 11.8. The van der Waals surface area contributed by atoms with Gasteiger partial charge in [-0.05, 0) is 113 Å². The van der Waals surface area contributed by atoms with Gasteiger partial charge in [-0.15, -0.1) is 0 Å². The average molecular weight is 416 g/mol. The predicted octanol–water partition coefficient (Wildman–Crippen LogP) is 8.01. The van der Waals surface area contributed by atoms with Gasteiger partial charge in [-0.25, -0.2) is 0 Å². The van der Waals surface area contributed by atoms with Gasteiger partial charge in [0.25, 0.3) is 0 Å². The van der Waals surface area contributed by atoms with Gasteiger partial charge in [-0.2, -0.15) is 0 Å². The van der Waals surface area contributed by atoms with Gasteiger partial charge in [0.1, 0.15) is 7.85 Å². The molecule has 4 aromatic carbocycles. The number of hydrogen-bond acceptors (Lipinski definition) is 0. The lowest BCUT2D eigenvalue weighted by Crippen LogP contribution is -2.08. The Morgan fingerprint density at radius 1 is 0.562 bits per heavy atom. The highest BCUT2D eigenvalue weighted by molar-refractivity contribution is 6.12. The summed E-state index contributed by atoms with van der Waals surface area (Å²) in [7, 11) is 2.36. The van der Waals surface area contributed by atoms with Crippen LogP contribution in [0.3, 0.4) is 0 Å². The van der Waals surface area contributed by atoms with E-state index in [1.807, 2.05) is 0 Å².